The van der Waals surface area contributed by atoms with E-state index in [4.69, 9.17) is 4.74 Å². The van der Waals surface area contributed by atoms with Gasteiger partial charge in [0.05, 0.1) is 18.6 Å². The molecule has 2 heterocycles. The minimum absolute atomic E-state index is 0.0200. The number of carbonyl (C=O) groups is 1. The Bertz CT molecular complexity index is 917. The van der Waals surface area contributed by atoms with Crippen LogP contribution in [-0.2, 0) is 16.3 Å². The van der Waals surface area contributed by atoms with Crippen LogP contribution >= 0.6 is 0 Å². The molecule has 3 rings (SSSR count). The van der Waals surface area contributed by atoms with Gasteiger partial charge in [0.1, 0.15) is 23.6 Å². The Labute approximate surface area is 158 Å². The molecule has 9 heteroatoms. The molecule has 0 spiro atoms. The highest BCUT2D eigenvalue weighted by Crippen LogP contribution is 2.18. The van der Waals surface area contributed by atoms with Gasteiger partial charge in [-0.05, 0) is 24.5 Å². The summed E-state index contributed by atoms with van der Waals surface area (Å²) in [5.74, 6) is 1.05. The number of aromatic nitrogens is 2. The van der Waals surface area contributed by atoms with Crippen LogP contribution < -0.4 is 15.4 Å². The van der Waals surface area contributed by atoms with Gasteiger partial charge in [-0.1, -0.05) is 18.2 Å². The summed E-state index contributed by atoms with van der Waals surface area (Å²) in [5.41, 5.74) is 1.27. The number of rotatable bonds is 7. The highest BCUT2D eigenvalue weighted by molar-refractivity contribution is 7.91. The van der Waals surface area contributed by atoms with Crippen LogP contribution in [0, 0.1) is 0 Å². The first kappa shape index (κ1) is 19.1. The summed E-state index contributed by atoms with van der Waals surface area (Å²) in [5, 5.41) is 5.89. The topological polar surface area (TPSA) is 110 Å². The summed E-state index contributed by atoms with van der Waals surface area (Å²) >= 11 is 0. The van der Waals surface area contributed by atoms with Crippen LogP contribution in [0.5, 0.6) is 5.75 Å². The van der Waals surface area contributed by atoms with Crippen molar-refractivity contribution in [3.05, 3.63) is 47.9 Å². The van der Waals surface area contributed by atoms with Gasteiger partial charge in [0.2, 0.25) is 0 Å². The summed E-state index contributed by atoms with van der Waals surface area (Å²) < 4.78 is 28.3. The molecule has 1 aromatic heterocycles. The van der Waals surface area contributed by atoms with Gasteiger partial charge in [-0.25, -0.2) is 18.4 Å². The molecule has 8 nitrogen and oxygen atoms in total. The Hall–Kier alpha value is -2.68. The van der Waals surface area contributed by atoms with E-state index in [-0.39, 0.29) is 23.2 Å². The maximum Gasteiger partial charge on any atom is 0.270 e. The molecule has 0 radical (unpaired) electrons. The predicted octanol–water partition coefficient (Wildman–Crippen LogP) is 1.06. The van der Waals surface area contributed by atoms with Crippen LogP contribution in [0.2, 0.25) is 0 Å². The lowest BCUT2D eigenvalue weighted by atomic mass is 10.1. The van der Waals surface area contributed by atoms with Gasteiger partial charge >= 0.3 is 0 Å². The van der Waals surface area contributed by atoms with Gasteiger partial charge < -0.3 is 15.4 Å². The second kappa shape index (κ2) is 8.34. The number of nitrogens with one attached hydrogen (secondary N) is 2. The number of hydrogen-bond donors (Lipinski definition) is 2. The number of methoxy groups -OCH3 is 1. The van der Waals surface area contributed by atoms with E-state index in [0.29, 0.717) is 18.8 Å². The average molecular weight is 390 g/mol. The highest BCUT2D eigenvalue weighted by Gasteiger charge is 2.29. The molecule has 1 amide bonds. The Kier molecular flexibility index (Phi) is 5.90. The Morgan fingerprint density at radius 1 is 1.30 bits per heavy atom. The zero-order valence-electron chi connectivity index (χ0n) is 15.0. The number of carbonyl (C=O) groups excluding carboxylic acids is 1. The first-order valence-corrected chi connectivity index (χ1v) is 10.5. The van der Waals surface area contributed by atoms with E-state index in [0.717, 1.165) is 17.7 Å². The number of hydrogen-bond acceptors (Lipinski definition) is 7. The van der Waals surface area contributed by atoms with E-state index in [9.17, 15) is 13.2 Å². The zero-order chi connectivity index (χ0) is 19.3. The smallest absolute Gasteiger partial charge is 0.270 e. The second-order valence-corrected chi connectivity index (χ2v) is 8.58. The van der Waals surface area contributed by atoms with Crippen LogP contribution in [0.15, 0.2) is 36.7 Å². The maximum absolute atomic E-state index is 12.3. The molecule has 1 atom stereocenters. The Morgan fingerprint density at radius 2 is 2.11 bits per heavy atom. The van der Waals surface area contributed by atoms with Crippen molar-refractivity contribution in [2.24, 2.45) is 0 Å². The third-order valence-corrected chi connectivity index (χ3v) is 6.13. The zero-order valence-corrected chi connectivity index (χ0v) is 15.8. The molecule has 144 valence electrons. The van der Waals surface area contributed by atoms with Crippen LogP contribution in [0.1, 0.15) is 22.5 Å². The highest BCUT2D eigenvalue weighted by atomic mass is 32.2. The fourth-order valence-electron chi connectivity index (χ4n) is 2.98. The molecule has 1 aliphatic rings. The third-order valence-electron chi connectivity index (χ3n) is 4.36. The lowest BCUT2D eigenvalue weighted by molar-refractivity contribution is 0.0936. The number of ether oxygens (including phenoxy) is 1. The first-order chi connectivity index (χ1) is 13.0. The van der Waals surface area contributed by atoms with E-state index in [2.05, 4.69) is 20.6 Å². The van der Waals surface area contributed by atoms with Gasteiger partial charge in [0.25, 0.3) is 5.91 Å². The number of amides is 1. The number of para-hydroxylation sites is 1. The van der Waals surface area contributed by atoms with E-state index >= 15 is 0 Å². The molecule has 1 aromatic carbocycles. The summed E-state index contributed by atoms with van der Waals surface area (Å²) in [6, 6.07) is 8.97. The fourth-order valence-corrected chi connectivity index (χ4v) is 4.65. The molecule has 1 saturated heterocycles. The molecule has 0 bridgehead atoms. The van der Waals surface area contributed by atoms with Gasteiger partial charge in [-0.2, -0.15) is 0 Å². The van der Waals surface area contributed by atoms with Gasteiger partial charge in [0.15, 0.2) is 9.84 Å². The minimum Gasteiger partial charge on any atom is -0.496 e. The molecule has 2 aromatic rings. The van der Waals surface area contributed by atoms with E-state index in [1.165, 1.54) is 6.33 Å². The monoisotopic (exact) mass is 390 g/mol. The molecule has 2 N–H and O–H groups in total. The lowest BCUT2D eigenvalue weighted by Gasteiger charge is -2.11. The molecule has 1 unspecified atom stereocenters. The summed E-state index contributed by atoms with van der Waals surface area (Å²) in [4.78, 5) is 20.4. The molecule has 0 aliphatic carbocycles. The average Bonchev–Trinajstić information content (AvgIpc) is 3.00. The quantitative estimate of drug-likeness (QED) is 0.727. The second-order valence-electron chi connectivity index (χ2n) is 6.35. The van der Waals surface area contributed by atoms with Crippen LogP contribution in [0.4, 0.5) is 5.82 Å². The number of anilines is 1. The van der Waals surface area contributed by atoms with Gasteiger partial charge in [0, 0.05) is 18.7 Å². The van der Waals surface area contributed by atoms with Crippen molar-refractivity contribution in [2.75, 3.05) is 30.5 Å². The summed E-state index contributed by atoms with van der Waals surface area (Å²) in [6.07, 6.45) is 2.48. The maximum atomic E-state index is 12.3. The number of sulfone groups is 1. The normalized spacial score (nSPS) is 18.0. The molecule has 1 fully saturated rings. The Balaban J connectivity index is 1.56. The van der Waals surface area contributed by atoms with Gasteiger partial charge in [-0.15, -0.1) is 0 Å². The lowest BCUT2D eigenvalue weighted by Crippen LogP contribution is -2.36. The number of nitrogens with zero attached hydrogens (tertiary/aromatic N) is 2. The predicted molar refractivity (Wildman–Crippen MR) is 102 cm³/mol. The molecule has 0 saturated carbocycles. The number of benzene rings is 1. The van der Waals surface area contributed by atoms with Crippen LogP contribution in [0.3, 0.4) is 0 Å². The fraction of sp³-hybridized carbons (Fsp3) is 0.389. The summed E-state index contributed by atoms with van der Waals surface area (Å²) in [6.45, 7) is 0.610. The van der Waals surface area contributed by atoms with Crippen LogP contribution in [-0.4, -0.2) is 55.5 Å². The molecule has 27 heavy (non-hydrogen) atoms. The van der Waals surface area contributed by atoms with Crippen molar-refractivity contribution in [3.63, 3.8) is 0 Å². The summed E-state index contributed by atoms with van der Waals surface area (Å²) in [7, 11) is -1.41. The largest absolute Gasteiger partial charge is 0.496 e. The van der Waals surface area contributed by atoms with E-state index in [1.54, 1.807) is 13.2 Å². The standard InChI is InChI=1S/C18H22N4O4S/c1-26-16-5-3-2-4-13(16)6-8-19-17-10-15(20-12-21-17)18(23)22-14-7-9-27(24,25)11-14/h2-5,10,12,14H,6-9,11H2,1H3,(H,22,23)(H,19,20,21). The third kappa shape index (κ3) is 5.16. The van der Waals surface area contributed by atoms with Crippen molar-refractivity contribution in [1.82, 2.24) is 15.3 Å². The van der Waals surface area contributed by atoms with Crippen LogP contribution in [0.25, 0.3) is 0 Å². The van der Waals surface area contributed by atoms with Crippen molar-refractivity contribution >= 4 is 21.6 Å². The molecular weight excluding hydrogens is 368 g/mol. The van der Waals surface area contributed by atoms with E-state index < -0.39 is 15.7 Å². The molecular formula is C18H22N4O4S. The first-order valence-electron chi connectivity index (χ1n) is 8.66. The van der Waals surface area contributed by atoms with Gasteiger partial charge in [-0.3, -0.25) is 4.79 Å². The Morgan fingerprint density at radius 3 is 2.85 bits per heavy atom. The van der Waals surface area contributed by atoms with E-state index in [1.807, 2.05) is 24.3 Å². The minimum atomic E-state index is -3.05. The van der Waals surface area contributed by atoms with Crippen molar-refractivity contribution in [1.29, 1.82) is 0 Å². The van der Waals surface area contributed by atoms with Crippen molar-refractivity contribution in [2.45, 2.75) is 18.9 Å². The molecule has 1 aliphatic heterocycles. The van der Waals surface area contributed by atoms with Crippen molar-refractivity contribution in [3.8, 4) is 5.75 Å². The van der Waals surface area contributed by atoms with Crippen molar-refractivity contribution < 1.29 is 17.9 Å². The SMILES string of the molecule is COc1ccccc1CCNc1cc(C(=O)NC2CCS(=O)(=O)C2)ncn1.